The zero-order valence-corrected chi connectivity index (χ0v) is 16.3. The second-order valence-electron chi connectivity index (χ2n) is 6.83. The summed E-state index contributed by atoms with van der Waals surface area (Å²) < 4.78 is 24.1. The van der Waals surface area contributed by atoms with Crippen LogP contribution in [0.4, 0.5) is 10.1 Å². The molecule has 2 N–H and O–H groups in total. The number of benzene rings is 2. The molecule has 2 unspecified atom stereocenters. The number of methoxy groups -OCH3 is 2. The van der Waals surface area contributed by atoms with Gasteiger partial charge >= 0.3 is 0 Å². The lowest BCUT2D eigenvalue weighted by Crippen LogP contribution is -2.36. The zero-order chi connectivity index (χ0) is 20.4. The van der Waals surface area contributed by atoms with Crippen LogP contribution in [0.15, 0.2) is 30.3 Å². The van der Waals surface area contributed by atoms with Gasteiger partial charge in [-0.05, 0) is 54.8 Å². The number of halogens is 1. The second-order valence-corrected chi connectivity index (χ2v) is 6.83. The highest BCUT2D eigenvalue weighted by Gasteiger charge is 2.32. The average Bonchev–Trinajstić information content (AvgIpc) is 2.66. The van der Waals surface area contributed by atoms with E-state index >= 15 is 0 Å². The Hall–Kier alpha value is -3.09. The highest BCUT2D eigenvalue weighted by Crippen LogP contribution is 2.35. The summed E-state index contributed by atoms with van der Waals surface area (Å²) in [5.41, 5.74) is 2.76. The molecule has 1 aliphatic rings. The molecule has 28 heavy (non-hydrogen) atoms. The number of nitrogens with one attached hydrogen (secondary N) is 2. The molecule has 2 amide bonds. The molecule has 3 rings (SSSR count). The predicted molar refractivity (Wildman–Crippen MR) is 103 cm³/mol. The Morgan fingerprint density at radius 2 is 1.89 bits per heavy atom. The molecule has 0 fully saturated rings. The van der Waals surface area contributed by atoms with Crippen molar-refractivity contribution >= 4 is 17.5 Å². The first-order valence-electron chi connectivity index (χ1n) is 8.96. The van der Waals surface area contributed by atoms with Gasteiger partial charge in [0, 0.05) is 12.1 Å². The van der Waals surface area contributed by atoms with E-state index in [2.05, 4.69) is 10.6 Å². The van der Waals surface area contributed by atoms with Crippen molar-refractivity contribution in [1.29, 1.82) is 0 Å². The van der Waals surface area contributed by atoms with Gasteiger partial charge in [0.05, 0.1) is 26.2 Å². The molecule has 1 heterocycles. The molecule has 7 heteroatoms. The minimum absolute atomic E-state index is 0.0160. The Labute approximate surface area is 163 Å². The molecule has 2 aromatic carbocycles. The van der Waals surface area contributed by atoms with Gasteiger partial charge < -0.3 is 20.1 Å². The average molecular weight is 386 g/mol. The Morgan fingerprint density at radius 1 is 1.21 bits per heavy atom. The summed E-state index contributed by atoms with van der Waals surface area (Å²) in [5.74, 6) is -0.552. The summed E-state index contributed by atoms with van der Waals surface area (Å²) in [6.45, 7) is 3.78. The largest absolute Gasteiger partial charge is 0.493 e. The normalized spacial score (nSPS) is 16.6. The molecule has 0 aliphatic carbocycles. The molecule has 0 saturated carbocycles. The van der Waals surface area contributed by atoms with Crippen molar-refractivity contribution in [1.82, 2.24) is 5.32 Å². The van der Waals surface area contributed by atoms with E-state index in [1.54, 1.807) is 20.3 Å². The van der Waals surface area contributed by atoms with Gasteiger partial charge in [0.2, 0.25) is 11.8 Å². The van der Waals surface area contributed by atoms with Crippen LogP contribution in [0.5, 0.6) is 11.5 Å². The Morgan fingerprint density at radius 3 is 2.57 bits per heavy atom. The summed E-state index contributed by atoms with van der Waals surface area (Å²) in [4.78, 5) is 24.9. The third-order valence-electron chi connectivity index (χ3n) is 4.97. The molecule has 0 aromatic heterocycles. The van der Waals surface area contributed by atoms with Crippen LogP contribution < -0.4 is 20.1 Å². The topological polar surface area (TPSA) is 76.7 Å². The van der Waals surface area contributed by atoms with E-state index in [0.717, 1.165) is 11.1 Å². The number of hydrogen-bond acceptors (Lipinski definition) is 4. The quantitative estimate of drug-likeness (QED) is 0.825. The van der Waals surface area contributed by atoms with Crippen LogP contribution in [0, 0.1) is 12.7 Å². The van der Waals surface area contributed by atoms with Crippen molar-refractivity contribution in [2.75, 3.05) is 19.5 Å². The van der Waals surface area contributed by atoms with Crippen LogP contribution in [0.25, 0.3) is 0 Å². The van der Waals surface area contributed by atoms with E-state index in [4.69, 9.17) is 9.47 Å². The third kappa shape index (κ3) is 3.78. The van der Waals surface area contributed by atoms with Gasteiger partial charge in [-0.2, -0.15) is 0 Å². The van der Waals surface area contributed by atoms with Crippen molar-refractivity contribution in [2.24, 2.45) is 0 Å². The first-order valence-corrected chi connectivity index (χ1v) is 8.96. The highest BCUT2D eigenvalue weighted by atomic mass is 19.1. The van der Waals surface area contributed by atoms with Crippen molar-refractivity contribution in [3.63, 3.8) is 0 Å². The first kappa shape index (κ1) is 19.7. The summed E-state index contributed by atoms with van der Waals surface area (Å²) in [6.07, 6.45) is 0.0160. The molecular weight excluding hydrogens is 363 g/mol. The number of rotatable bonds is 5. The van der Waals surface area contributed by atoms with Gasteiger partial charge in [-0.15, -0.1) is 0 Å². The lowest BCUT2D eigenvalue weighted by Gasteiger charge is -2.27. The summed E-state index contributed by atoms with van der Waals surface area (Å²) in [5, 5.41) is 5.58. The fourth-order valence-electron chi connectivity index (χ4n) is 3.53. The van der Waals surface area contributed by atoms with Crippen LogP contribution in [-0.2, 0) is 9.59 Å². The van der Waals surface area contributed by atoms with Crippen molar-refractivity contribution in [2.45, 2.75) is 32.2 Å². The SMILES string of the molecule is COc1cc(C)c(C(C)NC(=O)C2CC(=O)Nc3cc(F)ccc32)cc1OC. The number of carbonyl (C=O) groups excluding carboxylic acids is 2. The van der Waals surface area contributed by atoms with E-state index in [-0.39, 0.29) is 24.3 Å². The molecule has 2 aromatic rings. The van der Waals surface area contributed by atoms with Crippen LogP contribution in [0.1, 0.15) is 42.0 Å². The Balaban J connectivity index is 1.85. The minimum Gasteiger partial charge on any atom is -0.493 e. The Kier molecular flexibility index (Phi) is 5.53. The molecule has 2 atom stereocenters. The molecule has 0 bridgehead atoms. The smallest absolute Gasteiger partial charge is 0.228 e. The number of hydrogen-bond donors (Lipinski definition) is 2. The van der Waals surface area contributed by atoms with E-state index < -0.39 is 11.7 Å². The van der Waals surface area contributed by atoms with E-state index in [1.807, 2.05) is 26.0 Å². The molecule has 0 saturated heterocycles. The van der Waals surface area contributed by atoms with E-state index in [1.165, 1.54) is 12.1 Å². The highest BCUT2D eigenvalue weighted by molar-refractivity contribution is 6.01. The zero-order valence-electron chi connectivity index (χ0n) is 16.3. The van der Waals surface area contributed by atoms with Crippen LogP contribution >= 0.6 is 0 Å². The number of anilines is 1. The maximum absolute atomic E-state index is 13.5. The van der Waals surface area contributed by atoms with Gasteiger partial charge in [0.25, 0.3) is 0 Å². The van der Waals surface area contributed by atoms with Gasteiger partial charge in [-0.3, -0.25) is 9.59 Å². The third-order valence-corrected chi connectivity index (χ3v) is 4.97. The maximum Gasteiger partial charge on any atom is 0.228 e. The van der Waals surface area contributed by atoms with E-state index in [9.17, 15) is 14.0 Å². The van der Waals surface area contributed by atoms with Crippen LogP contribution in [0.3, 0.4) is 0 Å². The Bertz CT molecular complexity index is 929. The standard InChI is InChI=1S/C21H23FN2O4/c1-11-7-18(27-3)19(28-4)9-15(11)12(2)23-21(26)16-10-20(25)24-17-8-13(22)5-6-14(16)17/h5-9,12,16H,10H2,1-4H3,(H,23,26)(H,24,25). The minimum atomic E-state index is -0.674. The molecular formula is C21H23FN2O4. The maximum atomic E-state index is 13.5. The van der Waals surface area contributed by atoms with Gasteiger partial charge in [0.1, 0.15) is 5.82 Å². The summed E-state index contributed by atoms with van der Waals surface area (Å²) >= 11 is 0. The second kappa shape index (κ2) is 7.88. The van der Waals surface area contributed by atoms with Gasteiger partial charge in [-0.1, -0.05) is 6.07 Å². The van der Waals surface area contributed by atoms with Gasteiger partial charge in [-0.25, -0.2) is 4.39 Å². The number of amides is 2. The van der Waals surface area contributed by atoms with Crippen LogP contribution in [-0.4, -0.2) is 26.0 Å². The van der Waals surface area contributed by atoms with E-state index in [0.29, 0.717) is 22.7 Å². The van der Waals surface area contributed by atoms with Crippen molar-refractivity contribution in [3.05, 3.63) is 52.8 Å². The fourth-order valence-corrected chi connectivity index (χ4v) is 3.53. The first-order chi connectivity index (χ1) is 13.3. The summed E-state index contributed by atoms with van der Waals surface area (Å²) in [7, 11) is 3.12. The van der Waals surface area contributed by atoms with Crippen molar-refractivity contribution in [3.8, 4) is 11.5 Å². The lowest BCUT2D eigenvalue weighted by atomic mass is 9.89. The number of fused-ring (bicyclic) bond motifs is 1. The summed E-state index contributed by atoms with van der Waals surface area (Å²) in [6, 6.07) is 7.42. The molecule has 1 aliphatic heterocycles. The van der Waals surface area contributed by atoms with Crippen molar-refractivity contribution < 1.29 is 23.5 Å². The molecule has 148 valence electrons. The van der Waals surface area contributed by atoms with Gasteiger partial charge in [0.15, 0.2) is 11.5 Å². The monoisotopic (exact) mass is 386 g/mol. The number of aryl methyl sites for hydroxylation is 1. The predicted octanol–water partition coefficient (Wildman–Crippen LogP) is 3.45. The fraction of sp³-hybridized carbons (Fsp3) is 0.333. The molecule has 6 nitrogen and oxygen atoms in total. The lowest BCUT2D eigenvalue weighted by molar-refractivity contribution is -0.126. The van der Waals surface area contributed by atoms with Crippen LogP contribution in [0.2, 0.25) is 0 Å². The molecule has 0 radical (unpaired) electrons. The molecule has 0 spiro atoms. The number of carbonyl (C=O) groups is 2. The number of ether oxygens (including phenoxy) is 2.